The molecular weight excluding hydrogens is 329 g/mol. The molecule has 22 heavy (non-hydrogen) atoms. The number of carbonyl (C=O) groups excluding carboxylic acids is 1. The summed E-state index contributed by atoms with van der Waals surface area (Å²) in [6, 6.07) is 1.50. The number of hydrogen-bond acceptors (Lipinski definition) is 4. The molecule has 7 heteroatoms. The first kappa shape index (κ1) is 17.2. The van der Waals surface area contributed by atoms with Gasteiger partial charge < -0.3 is 19.1 Å². The Morgan fingerprint density at radius 3 is 2.00 bits per heavy atom. The van der Waals surface area contributed by atoms with Crippen LogP contribution in [-0.4, -0.2) is 50.3 Å². The summed E-state index contributed by atoms with van der Waals surface area (Å²) < 4.78 is 16.2. The summed E-state index contributed by atoms with van der Waals surface area (Å²) in [5, 5.41) is 0.539. The van der Waals surface area contributed by atoms with E-state index in [-0.39, 0.29) is 45.2 Å². The van der Waals surface area contributed by atoms with Gasteiger partial charge in [-0.2, -0.15) is 0 Å². The number of ether oxygens (including phenoxy) is 3. The summed E-state index contributed by atoms with van der Waals surface area (Å²) >= 11 is 12.3. The molecule has 0 saturated carbocycles. The van der Waals surface area contributed by atoms with Gasteiger partial charge in [-0.3, -0.25) is 4.79 Å². The average Bonchev–Trinajstić information content (AvgIpc) is 2.44. The van der Waals surface area contributed by atoms with E-state index >= 15 is 0 Å². The van der Waals surface area contributed by atoms with Crippen LogP contribution in [0.3, 0.4) is 0 Å². The van der Waals surface area contributed by atoms with Gasteiger partial charge in [0.1, 0.15) is 5.56 Å². The smallest absolute Gasteiger partial charge is 0.261 e. The minimum absolute atomic E-state index is 0.0423. The van der Waals surface area contributed by atoms with Gasteiger partial charge in [0, 0.05) is 13.1 Å². The van der Waals surface area contributed by atoms with Crippen molar-refractivity contribution < 1.29 is 19.0 Å². The van der Waals surface area contributed by atoms with Crippen LogP contribution in [0.2, 0.25) is 10.0 Å². The van der Waals surface area contributed by atoms with E-state index in [9.17, 15) is 4.79 Å². The fraction of sp³-hybridized carbons (Fsp3) is 0.533. The Balaban J connectivity index is 2.48. The monoisotopic (exact) mass is 347 g/mol. The summed E-state index contributed by atoms with van der Waals surface area (Å²) in [6.45, 7) is 4.82. The molecule has 0 aromatic heterocycles. The maximum absolute atomic E-state index is 12.9. The second kappa shape index (κ2) is 6.94. The molecule has 2 rings (SSSR count). The Bertz CT molecular complexity index is 541. The normalized spacial score (nSPS) is 21.6. The second-order valence-electron chi connectivity index (χ2n) is 5.25. The number of halogens is 2. The van der Waals surface area contributed by atoms with Crippen LogP contribution in [0.15, 0.2) is 6.07 Å². The van der Waals surface area contributed by atoms with Crippen molar-refractivity contribution in [2.75, 3.05) is 27.3 Å². The standard InChI is InChI=1S/C15H19Cl2NO4/c1-8-6-18(7-9(2)22-8)15(19)12-13(20-3)10(16)5-11(17)14(12)21-4/h5,8-9H,6-7H2,1-4H3/t8-,9-/m1/s1. The lowest BCUT2D eigenvalue weighted by molar-refractivity contribution is -0.0587. The first-order valence-electron chi connectivity index (χ1n) is 6.93. The summed E-state index contributed by atoms with van der Waals surface area (Å²) in [6.07, 6.45) is -0.0845. The zero-order valence-corrected chi connectivity index (χ0v) is 14.5. The van der Waals surface area contributed by atoms with Gasteiger partial charge in [0.15, 0.2) is 11.5 Å². The zero-order valence-electron chi connectivity index (χ0n) is 13.0. The topological polar surface area (TPSA) is 48.0 Å². The molecule has 0 radical (unpaired) electrons. The van der Waals surface area contributed by atoms with Crippen LogP contribution >= 0.6 is 23.2 Å². The molecule has 1 aromatic rings. The van der Waals surface area contributed by atoms with E-state index in [1.165, 1.54) is 20.3 Å². The van der Waals surface area contributed by atoms with Gasteiger partial charge >= 0.3 is 0 Å². The Kier molecular flexibility index (Phi) is 5.42. The minimum Gasteiger partial charge on any atom is -0.494 e. The molecule has 1 aliphatic heterocycles. The van der Waals surface area contributed by atoms with E-state index in [1.807, 2.05) is 13.8 Å². The van der Waals surface area contributed by atoms with E-state index in [0.29, 0.717) is 13.1 Å². The molecule has 5 nitrogen and oxygen atoms in total. The Hall–Kier alpha value is -1.17. The van der Waals surface area contributed by atoms with E-state index in [2.05, 4.69) is 0 Å². The number of morpholine rings is 1. The predicted octanol–water partition coefficient (Wildman–Crippen LogP) is 3.26. The molecule has 1 fully saturated rings. The molecule has 0 spiro atoms. The van der Waals surface area contributed by atoms with Crippen molar-refractivity contribution in [2.45, 2.75) is 26.1 Å². The lowest BCUT2D eigenvalue weighted by Gasteiger charge is -2.35. The van der Waals surface area contributed by atoms with Crippen LogP contribution in [0, 0.1) is 0 Å². The van der Waals surface area contributed by atoms with Crippen molar-refractivity contribution in [3.8, 4) is 11.5 Å². The number of carbonyl (C=O) groups is 1. The fourth-order valence-electron chi connectivity index (χ4n) is 2.68. The van der Waals surface area contributed by atoms with Crippen molar-refractivity contribution in [2.24, 2.45) is 0 Å². The molecular formula is C15H19Cl2NO4. The number of amides is 1. The molecule has 0 N–H and O–H groups in total. The number of benzene rings is 1. The number of rotatable bonds is 3. The van der Waals surface area contributed by atoms with Crippen molar-refractivity contribution in [1.29, 1.82) is 0 Å². The van der Waals surface area contributed by atoms with Gasteiger partial charge in [0.05, 0.1) is 36.5 Å². The molecule has 2 atom stereocenters. The van der Waals surface area contributed by atoms with Crippen LogP contribution in [-0.2, 0) is 4.74 Å². The summed E-state index contributed by atoms with van der Waals surface area (Å²) in [7, 11) is 2.91. The number of hydrogen-bond donors (Lipinski definition) is 0. The highest BCUT2D eigenvalue weighted by molar-refractivity contribution is 6.37. The summed E-state index contributed by atoms with van der Waals surface area (Å²) in [5.74, 6) is 0.291. The Morgan fingerprint density at radius 2 is 1.59 bits per heavy atom. The van der Waals surface area contributed by atoms with E-state index in [4.69, 9.17) is 37.4 Å². The molecule has 1 saturated heterocycles. The van der Waals surface area contributed by atoms with Gasteiger partial charge in [-0.05, 0) is 19.9 Å². The molecule has 1 aliphatic rings. The van der Waals surface area contributed by atoms with Gasteiger partial charge in [-0.1, -0.05) is 23.2 Å². The first-order chi connectivity index (χ1) is 10.4. The fourth-order valence-corrected chi connectivity index (χ4v) is 3.30. The van der Waals surface area contributed by atoms with Crippen molar-refractivity contribution in [3.63, 3.8) is 0 Å². The third-order valence-electron chi connectivity index (χ3n) is 3.47. The van der Waals surface area contributed by atoms with Gasteiger partial charge in [-0.25, -0.2) is 0 Å². The maximum Gasteiger partial charge on any atom is 0.261 e. The highest BCUT2D eigenvalue weighted by Gasteiger charge is 2.32. The third-order valence-corrected chi connectivity index (χ3v) is 4.03. The zero-order chi connectivity index (χ0) is 16.4. The van der Waals surface area contributed by atoms with Crippen LogP contribution in [0.4, 0.5) is 0 Å². The lowest BCUT2D eigenvalue weighted by atomic mass is 10.1. The van der Waals surface area contributed by atoms with E-state index in [0.717, 1.165) is 0 Å². The molecule has 1 heterocycles. The lowest BCUT2D eigenvalue weighted by Crippen LogP contribution is -2.48. The summed E-state index contributed by atoms with van der Waals surface area (Å²) in [4.78, 5) is 14.6. The predicted molar refractivity (Wildman–Crippen MR) is 85.5 cm³/mol. The van der Waals surface area contributed by atoms with Crippen LogP contribution < -0.4 is 9.47 Å². The minimum atomic E-state index is -0.236. The van der Waals surface area contributed by atoms with Gasteiger partial charge in [-0.15, -0.1) is 0 Å². The SMILES string of the molecule is COc1c(Cl)cc(Cl)c(OC)c1C(=O)N1C[C@@H](C)O[C@H](C)C1. The van der Waals surface area contributed by atoms with Crippen molar-refractivity contribution in [1.82, 2.24) is 4.90 Å². The Morgan fingerprint density at radius 1 is 1.14 bits per heavy atom. The number of nitrogens with zero attached hydrogens (tertiary/aromatic N) is 1. The van der Waals surface area contributed by atoms with Gasteiger partial charge in [0.2, 0.25) is 0 Å². The van der Waals surface area contributed by atoms with E-state index < -0.39 is 0 Å². The third kappa shape index (κ3) is 3.26. The van der Waals surface area contributed by atoms with Crippen molar-refractivity contribution >= 4 is 29.1 Å². The average molecular weight is 348 g/mol. The maximum atomic E-state index is 12.9. The van der Waals surface area contributed by atoms with Crippen LogP contribution in [0.1, 0.15) is 24.2 Å². The molecule has 0 unspecified atom stereocenters. The number of methoxy groups -OCH3 is 2. The van der Waals surface area contributed by atoms with Gasteiger partial charge in [0.25, 0.3) is 5.91 Å². The second-order valence-corrected chi connectivity index (χ2v) is 6.06. The quantitative estimate of drug-likeness (QED) is 0.841. The summed E-state index contributed by atoms with van der Waals surface area (Å²) in [5.41, 5.74) is 0.240. The highest BCUT2D eigenvalue weighted by Crippen LogP contribution is 2.41. The molecule has 0 bridgehead atoms. The highest BCUT2D eigenvalue weighted by atomic mass is 35.5. The largest absolute Gasteiger partial charge is 0.494 e. The molecule has 1 amide bonds. The molecule has 1 aromatic carbocycles. The molecule has 0 aliphatic carbocycles. The van der Waals surface area contributed by atoms with E-state index in [1.54, 1.807) is 4.90 Å². The first-order valence-corrected chi connectivity index (χ1v) is 7.69. The van der Waals surface area contributed by atoms with Crippen molar-refractivity contribution in [3.05, 3.63) is 21.7 Å². The Labute approximate surface area is 140 Å². The van der Waals surface area contributed by atoms with Crippen LogP contribution in [0.5, 0.6) is 11.5 Å². The molecule has 122 valence electrons. The van der Waals surface area contributed by atoms with Crippen LogP contribution in [0.25, 0.3) is 0 Å².